The summed E-state index contributed by atoms with van der Waals surface area (Å²) in [6.45, 7) is 11.2. The van der Waals surface area contributed by atoms with Crippen LogP contribution in [-0.4, -0.2) is 61.5 Å². The van der Waals surface area contributed by atoms with Crippen LogP contribution in [0.4, 0.5) is 16.2 Å². The zero-order valence-electron chi connectivity index (χ0n) is 15.6. The van der Waals surface area contributed by atoms with Gasteiger partial charge in [-0.25, -0.2) is 4.79 Å². The van der Waals surface area contributed by atoms with E-state index >= 15 is 0 Å². The summed E-state index contributed by atoms with van der Waals surface area (Å²) in [4.78, 5) is 16.6. The first kappa shape index (κ1) is 18.0. The first-order valence-electron chi connectivity index (χ1n) is 9.12. The monoisotopic (exact) mass is 347 g/mol. The topological polar surface area (TPSA) is 54.0 Å². The molecule has 0 saturated carbocycles. The standard InChI is InChI=1S/C19H29N3O3/c1-13-9-21(10-14(2)24-13)18-7-5-17(6-8-18)20-19(23)22-11-15(3)25-16(4)12-22/h5-8,13-16H,9-12H2,1-4H3,(H,20,23)/t13-,14-,15+,16+/m0/s1. The Kier molecular flexibility index (Phi) is 5.49. The second kappa shape index (κ2) is 7.62. The van der Waals surface area contributed by atoms with E-state index in [1.807, 2.05) is 30.9 Å². The van der Waals surface area contributed by atoms with Crippen molar-refractivity contribution in [3.8, 4) is 0 Å². The van der Waals surface area contributed by atoms with Crippen molar-refractivity contribution in [3.05, 3.63) is 24.3 Å². The molecule has 2 fully saturated rings. The molecule has 0 aliphatic carbocycles. The number of carbonyl (C=O) groups excluding carboxylic acids is 1. The fourth-order valence-corrected chi connectivity index (χ4v) is 3.69. The maximum Gasteiger partial charge on any atom is 0.322 e. The molecule has 4 atom stereocenters. The number of nitrogens with zero attached hydrogens (tertiary/aromatic N) is 2. The molecule has 3 rings (SSSR count). The number of rotatable bonds is 2. The average molecular weight is 347 g/mol. The Morgan fingerprint density at radius 3 is 1.88 bits per heavy atom. The molecule has 6 heteroatoms. The van der Waals surface area contributed by atoms with Crippen LogP contribution in [0.2, 0.25) is 0 Å². The van der Waals surface area contributed by atoms with E-state index in [0.717, 1.165) is 24.5 Å². The number of hydrogen-bond acceptors (Lipinski definition) is 4. The molecule has 25 heavy (non-hydrogen) atoms. The van der Waals surface area contributed by atoms with Gasteiger partial charge in [-0.3, -0.25) is 0 Å². The van der Waals surface area contributed by atoms with Crippen molar-refractivity contribution >= 4 is 17.4 Å². The van der Waals surface area contributed by atoms with E-state index in [4.69, 9.17) is 9.47 Å². The Bertz CT molecular complexity index is 572. The third kappa shape index (κ3) is 4.64. The molecule has 0 bridgehead atoms. The van der Waals surface area contributed by atoms with Gasteiger partial charge in [0, 0.05) is 37.6 Å². The predicted molar refractivity (Wildman–Crippen MR) is 99.3 cm³/mol. The van der Waals surface area contributed by atoms with Gasteiger partial charge < -0.3 is 24.6 Å². The summed E-state index contributed by atoms with van der Waals surface area (Å²) in [7, 11) is 0. The number of urea groups is 1. The summed E-state index contributed by atoms with van der Waals surface area (Å²) in [5.41, 5.74) is 1.98. The molecule has 1 aromatic carbocycles. The SMILES string of the molecule is C[C@@H]1CN(C(=O)Nc2ccc(N3C[C@H](C)O[C@@H](C)C3)cc2)C[C@@H](C)O1. The summed E-state index contributed by atoms with van der Waals surface area (Å²) in [5.74, 6) is 0. The maximum absolute atomic E-state index is 12.5. The largest absolute Gasteiger partial charge is 0.372 e. The Morgan fingerprint density at radius 1 is 0.880 bits per heavy atom. The number of morpholine rings is 2. The van der Waals surface area contributed by atoms with E-state index < -0.39 is 0 Å². The van der Waals surface area contributed by atoms with Crippen molar-refractivity contribution in [1.29, 1.82) is 0 Å². The highest BCUT2D eigenvalue weighted by molar-refractivity contribution is 5.89. The first-order valence-corrected chi connectivity index (χ1v) is 9.12. The molecular formula is C19H29N3O3. The van der Waals surface area contributed by atoms with Crippen LogP contribution < -0.4 is 10.2 Å². The second-order valence-electron chi connectivity index (χ2n) is 7.30. The van der Waals surface area contributed by atoms with Gasteiger partial charge in [-0.15, -0.1) is 0 Å². The number of benzene rings is 1. The summed E-state index contributed by atoms with van der Waals surface area (Å²) in [5, 5.41) is 2.99. The highest BCUT2D eigenvalue weighted by atomic mass is 16.5. The van der Waals surface area contributed by atoms with Gasteiger partial charge in [-0.1, -0.05) is 0 Å². The number of carbonyl (C=O) groups is 1. The van der Waals surface area contributed by atoms with Gasteiger partial charge in [-0.2, -0.15) is 0 Å². The van der Waals surface area contributed by atoms with E-state index in [2.05, 4.69) is 36.2 Å². The van der Waals surface area contributed by atoms with Crippen LogP contribution in [-0.2, 0) is 9.47 Å². The van der Waals surface area contributed by atoms with Crippen LogP contribution in [0.1, 0.15) is 27.7 Å². The number of amides is 2. The molecule has 2 amide bonds. The average Bonchev–Trinajstić information content (AvgIpc) is 2.53. The minimum Gasteiger partial charge on any atom is -0.372 e. The molecule has 1 aromatic rings. The summed E-state index contributed by atoms with van der Waals surface area (Å²) < 4.78 is 11.5. The van der Waals surface area contributed by atoms with Crippen molar-refractivity contribution in [2.45, 2.75) is 52.1 Å². The molecular weight excluding hydrogens is 318 g/mol. The molecule has 6 nitrogen and oxygen atoms in total. The van der Waals surface area contributed by atoms with Gasteiger partial charge in [0.25, 0.3) is 0 Å². The van der Waals surface area contributed by atoms with Crippen LogP contribution in [0, 0.1) is 0 Å². The lowest BCUT2D eigenvalue weighted by Crippen LogP contribution is -2.49. The van der Waals surface area contributed by atoms with E-state index in [0.29, 0.717) is 13.1 Å². The molecule has 2 aliphatic heterocycles. The van der Waals surface area contributed by atoms with Crippen molar-refractivity contribution in [3.63, 3.8) is 0 Å². The van der Waals surface area contributed by atoms with Gasteiger partial charge in [0.1, 0.15) is 0 Å². The van der Waals surface area contributed by atoms with Crippen molar-refractivity contribution in [1.82, 2.24) is 4.90 Å². The third-order valence-electron chi connectivity index (χ3n) is 4.61. The minimum atomic E-state index is -0.0663. The van der Waals surface area contributed by atoms with Crippen LogP contribution in [0.5, 0.6) is 0 Å². The Balaban J connectivity index is 1.60. The maximum atomic E-state index is 12.5. The molecule has 0 aromatic heterocycles. The van der Waals surface area contributed by atoms with Crippen molar-refractivity contribution < 1.29 is 14.3 Å². The van der Waals surface area contributed by atoms with Crippen LogP contribution in [0.15, 0.2) is 24.3 Å². The van der Waals surface area contributed by atoms with Gasteiger partial charge in [0.2, 0.25) is 0 Å². The minimum absolute atomic E-state index is 0.0663. The van der Waals surface area contributed by atoms with Crippen molar-refractivity contribution in [2.75, 3.05) is 36.4 Å². The molecule has 2 saturated heterocycles. The van der Waals surface area contributed by atoms with Crippen LogP contribution >= 0.6 is 0 Å². The quantitative estimate of drug-likeness (QED) is 0.894. The van der Waals surface area contributed by atoms with Crippen molar-refractivity contribution in [2.24, 2.45) is 0 Å². The number of anilines is 2. The summed E-state index contributed by atoms with van der Waals surface area (Å²) in [6, 6.07) is 7.98. The molecule has 138 valence electrons. The van der Waals surface area contributed by atoms with Gasteiger partial charge >= 0.3 is 6.03 Å². The van der Waals surface area contributed by atoms with E-state index in [1.165, 1.54) is 0 Å². The predicted octanol–water partition coefficient (Wildman–Crippen LogP) is 2.94. The Hall–Kier alpha value is -1.79. The zero-order chi connectivity index (χ0) is 18.0. The second-order valence-corrected chi connectivity index (χ2v) is 7.30. The molecule has 2 heterocycles. The molecule has 0 radical (unpaired) electrons. The van der Waals surface area contributed by atoms with Gasteiger partial charge in [-0.05, 0) is 52.0 Å². The lowest BCUT2D eigenvalue weighted by atomic mass is 10.2. The lowest BCUT2D eigenvalue weighted by Gasteiger charge is -2.37. The Labute approximate surface area is 150 Å². The zero-order valence-corrected chi connectivity index (χ0v) is 15.6. The Morgan fingerprint density at radius 2 is 1.36 bits per heavy atom. The molecule has 1 N–H and O–H groups in total. The highest BCUT2D eigenvalue weighted by Gasteiger charge is 2.26. The van der Waals surface area contributed by atoms with E-state index in [1.54, 1.807) is 0 Å². The highest BCUT2D eigenvalue weighted by Crippen LogP contribution is 2.22. The lowest BCUT2D eigenvalue weighted by molar-refractivity contribution is -0.0530. The molecule has 0 unspecified atom stereocenters. The van der Waals surface area contributed by atoms with Gasteiger partial charge in [0.15, 0.2) is 0 Å². The fourth-order valence-electron chi connectivity index (χ4n) is 3.69. The normalized spacial score (nSPS) is 30.2. The third-order valence-corrected chi connectivity index (χ3v) is 4.61. The first-order chi connectivity index (χ1) is 11.9. The number of nitrogens with one attached hydrogen (secondary N) is 1. The smallest absolute Gasteiger partial charge is 0.322 e. The van der Waals surface area contributed by atoms with E-state index in [9.17, 15) is 4.79 Å². The van der Waals surface area contributed by atoms with Crippen LogP contribution in [0.25, 0.3) is 0 Å². The summed E-state index contributed by atoms with van der Waals surface area (Å²) in [6.07, 6.45) is 0.603. The van der Waals surface area contributed by atoms with E-state index in [-0.39, 0.29) is 30.4 Å². The van der Waals surface area contributed by atoms with Gasteiger partial charge in [0.05, 0.1) is 24.4 Å². The molecule has 2 aliphatic rings. The summed E-state index contributed by atoms with van der Waals surface area (Å²) >= 11 is 0. The van der Waals surface area contributed by atoms with Crippen LogP contribution in [0.3, 0.4) is 0 Å². The fraction of sp³-hybridized carbons (Fsp3) is 0.632. The molecule has 0 spiro atoms. The number of hydrogen-bond donors (Lipinski definition) is 1. The number of ether oxygens (including phenoxy) is 2.